The molecule has 6 nitrogen and oxygen atoms in total. The van der Waals surface area contributed by atoms with Crippen LogP contribution in [0.4, 0.5) is 0 Å². The third-order valence-corrected chi connectivity index (χ3v) is 5.97. The van der Waals surface area contributed by atoms with E-state index in [1.165, 1.54) is 0 Å². The van der Waals surface area contributed by atoms with Gasteiger partial charge in [0.15, 0.2) is 5.78 Å². The van der Waals surface area contributed by atoms with Gasteiger partial charge >= 0.3 is 0 Å². The highest BCUT2D eigenvalue weighted by Gasteiger charge is 2.56. The fourth-order valence-electron chi connectivity index (χ4n) is 4.62. The topological polar surface area (TPSA) is 67.8 Å². The molecule has 2 heterocycles. The number of Topliss-reactive ketones (excluding diaryl/α,β-unsaturated/α-hetero) is 1. The molecule has 28 heavy (non-hydrogen) atoms. The second-order valence-corrected chi connectivity index (χ2v) is 7.58. The molecule has 2 aliphatic rings. The van der Waals surface area contributed by atoms with E-state index in [-0.39, 0.29) is 29.2 Å². The predicted octanol–water partition coefficient (Wildman–Crippen LogP) is 3.29. The van der Waals surface area contributed by atoms with E-state index in [4.69, 9.17) is 11.1 Å². The lowest BCUT2D eigenvalue weighted by Gasteiger charge is -2.50. The van der Waals surface area contributed by atoms with Gasteiger partial charge in [0.2, 0.25) is 11.6 Å². The zero-order chi connectivity index (χ0) is 19.9. The van der Waals surface area contributed by atoms with Gasteiger partial charge in [-0.15, -0.1) is 0 Å². The summed E-state index contributed by atoms with van der Waals surface area (Å²) < 4.78 is 5.14. The highest BCUT2D eigenvalue weighted by atomic mass is 16.5. The van der Waals surface area contributed by atoms with E-state index in [0.717, 1.165) is 5.56 Å². The standard InChI is InChI=1S/C22H21N3O3/c1-14-11-17(24-28-14)13-25-10-9-18-15(2)20(26)19(23-3)12-22(18,21(25)27)16-7-5-4-6-8-16/h4-8,11-12,15,18H,9-10,13H2,1-2H3/t15-,18-,22+/m0/s1. The maximum atomic E-state index is 13.8. The molecule has 0 N–H and O–H groups in total. The zero-order valence-corrected chi connectivity index (χ0v) is 15.9. The van der Waals surface area contributed by atoms with Gasteiger partial charge in [0.05, 0.1) is 18.5 Å². The second kappa shape index (κ2) is 6.75. The molecule has 4 rings (SSSR count). The Hall–Kier alpha value is -3.20. The molecular weight excluding hydrogens is 354 g/mol. The summed E-state index contributed by atoms with van der Waals surface area (Å²) in [5, 5.41) is 4.02. The van der Waals surface area contributed by atoms with E-state index in [0.29, 0.717) is 31.0 Å². The monoisotopic (exact) mass is 375 g/mol. The van der Waals surface area contributed by atoms with Crippen LogP contribution < -0.4 is 0 Å². The summed E-state index contributed by atoms with van der Waals surface area (Å²) in [7, 11) is 0. The number of likely N-dealkylation sites (tertiary alicyclic amines) is 1. The largest absolute Gasteiger partial charge is 0.361 e. The van der Waals surface area contributed by atoms with Crippen molar-refractivity contribution >= 4 is 11.7 Å². The quantitative estimate of drug-likeness (QED) is 0.772. The number of fused-ring (bicyclic) bond motifs is 1. The SMILES string of the molecule is [C-]#[N+]C1=C[C@]2(c3ccccc3)C(=O)N(Cc3cc(C)on3)CC[C@H]2[C@H](C)C1=O. The molecular formula is C22H21N3O3. The van der Waals surface area contributed by atoms with Gasteiger partial charge in [0, 0.05) is 18.5 Å². The number of rotatable bonds is 3. The number of piperidine rings is 1. The lowest BCUT2D eigenvalue weighted by molar-refractivity contribution is -0.145. The molecule has 0 radical (unpaired) electrons. The lowest BCUT2D eigenvalue weighted by Crippen LogP contribution is -2.59. The van der Waals surface area contributed by atoms with Crippen LogP contribution in [0.1, 0.15) is 30.4 Å². The molecule has 2 aromatic rings. The molecule has 0 bridgehead atoms. The molecule has 1 amide bonds. The minimum absolute atomic E-state index is 0.0556. The first-order valence-electron chi connectivity index (χ1n) is 9.39. The van der Waals surface area contributed by atoms with Crippen LogP contribution in [0, 0.1) is 25.3 Å². The molecule has 142 valence electrons. The molecule has 3 atom stereocenters. The van der Waals surface area contributed by atoms with Crippen molar-refractivity contribution in [3.8, 4) is 0 Å². The summed E-state index contributed by atoms with van der Waals surface area (Å²) in [6.07, 6.45) is 2.30. The first-order valence-corrected chi connectivity index (χ1v) is 9.39. The van der Waals surface area contributed by atoms with Crippen LogP contribution in [0.15, 0.2) is 52.7 Å². The molecule has 1 aromatic heterocycles. The number of hydrogen-bond donors (Lipinski definition) is 0. The lowest BCUT2D eigenvalue weighted by atomic mass is 9.58. The van der Waals surface area contributed by atoms with Crippen LogP contribution >= 0.6 is 0 Å². The summed E-state index contributed by atoms with van der Waals surface area (Å²) >= 11 is 0. The van der Waals surface area contributed by atoms with E-state index in [1.807, 2.05) is 50.2 Å². The molecule has 1 saturated heterocycles. The smallest absolute Gasteiger partial charge is 0.236 e. The molecule has 0 saturated carbocycles. The normalized spacial score (nSPS) is 27.2. The predicted molar refractivity (Wildman–Crippen MR) is 102 cm³/mol. The van der Waals surface area contributed by atoms with Crippen molar-refractivity contribution in [2.75, 3.05) is 6.54 Å². The van der Waals surface area contributed by atoms with Crippen molar-refractivity contribution in [1.82, 2.24) is 10.1 Å². The molecule has 1 fully saturated rings. The van der Waals surface area contributed by atoms with Gasteiger partial charge in [-0.05, 0) is 24.8 Å². The van der Waals surface area contributed by atoms with Crippen LogP contribution in [0.3, 0.4) is 0 Å². The summed E-state index contributed by atoms with van der Waals surface area (Å²) in [4.78, 5) is 31.7. The van der Waals surface area contributed by atoms with Crippen molar-refractivity contribution < 1.29 is 14.1 Å². The number of aryl methyl sites for hydroxylation is 1. The Morgan fingerprint density at radius 2 is 2.07 bits per heavy atom. The first-order chi connectivity index (χ1) is 13.5. The average Bonchev–Trinajstić information content (AvgIpc) is 3.12. The van der Waals surface area contributed by atoms with E-state index in [2.05, 4.69) is 10.0 Å². The van der Waals surface area contributed by atoms with E-state index < -0.39 is 5.41 Å². The van der Waals surface area contributed by atoms with Gasteiger partial charge in [0.1, 0.15) is 11.5 Å². The van der Waals surface area contributed by atoms with Gasteiger partial charge in [-0.25, -0.2) is 4.85 Å². The van der Waals surface area contributed by atoms with Crippen LogP contribution in [0.2, 0.25) is 0 Å². The minimum Gasteiger partial charge on any atom is -0.361 e. The average molecular weight is 375 g/mol. The minimum atomic E-state index is -1.01. The molecule has 1 aliphatic heterocycles. The van der Waals surface area contributed by atoms with Crippen molar-refractivity contribution in [2.24, 2.45) is 11.8 Å². The van der Waals surface area contributed by atoms with Crippen LogP contribution in [-0.4, -0.2) is 28.3 Å². The molecule has 1 aromatic carbocycles. The van der Waals surface area contributed by atoms with Crippen molar-refractivity contribution in [3.05, 3.63) is 76.6 Å². The Bertz CT molecular complexity index is 1000. The first kappa shape index (κ1) is 18.2. The van der Waals surface area contributed by atoms with Crippen LogP contribution in [0.5, 0.6) is 0 Å². The fraction of sp³-hybridized carbons (Fsp3) is 0.364. The number of carbonyl (C=O) groups is 2. The van der Waals surface area contributed by atoms with E-state index in [1.54, 1.807) is 11.0 Å². The Balaban J connectivity index is 1.84. The summed E-state index contributed by atoms with van der Waals surface area (Å²) in [5.74, 6) is -0.108. The Morgan fingerprint density at radius 1 is 1.32 bits per heavy atom. The zero-order valence-electron chi connectivity index (χ0n) is 15.9. The van der Waals surface area contributed by atoms with Gasteiger partial charge in [0.25, 0.3) is 0 Å². The van der Waals surface area contributed by atoms with Gasteiger partial charge < -0.3 is 14.2 Å². The number of ketones is 1. The van der Waals surface area contributed by atoms with Crippen LogP contribution in [-0.2, 0) is 21.5 Å². The number of carbonyl (C=O) groups excluding carboxylic acids is 2. The highest BCUT2D eigenvalue weighted by Crippen LogP contribution is 2.49. The van der Waals surface area contributed by atoms with Crippen molar-refractivity contribution in [1.29, 1.82) is 0 Å². The summed E-state index contributed by atoms with van der Waals surface area (Å²) in [6, 6.07) is 11.3. The van der Waals surface area contributed by atoms with Gasteiger partial charge in [-0.1, -0.05) is 48.5 Å². The maximum Gasteiger partial charge on any atom is 0.236 e. The highest BCUT2D eigenvalue weighted by molar-refractivity contribution is 6.04. The molecule has 0 unspecified atom stereocenters. The van der Waals surface area contributed by atoms with Gasteiger partial charge in [-0.3, -0.25) is 4.79 Å². The Kier molecular flexibility index (Phi) is 4.38. The third-order valence-electron chi connectivity index (χ3n) is 5.97. The molecule has 6 heteroatoms. The number of hydrogen-bond acceptors (Lipinski definition) is 4. The molecule has 0 spiro atoms. The number of amides is 1. The number of allylic oxidation sites excluding steroid dienone is 1. The van der Waals surface area contributed by atoms with Crippen molar-refractivity contribution in [2.45, 2.75) is 32.2 Å². The number of aromatic nitrogens is 1. The Morgan fingerprint density at radius 3 is 2.71 bits per heavy atom. The number of benzene rings is 1. The second-order valence-electron chi connectivity index (χ2n) is 7.58. The summed E-state index contributed by atoms with van der Waals surface area (Å²) in [5.41, 5.74) is 0.569. The molecule has 1 aliphatic carbocycles. The van der Waals surface area contributed by atoms with E-state index >= 15 is 0 Å². The maximum absolute atomic E-state index is 13.8. The van der Waals surface area contributed by atoms with Crippen molar-refractivity contribution in [3.63, 3.8) is 0 Å². The Labute approximate surface area is 163 Å². The number of nitrogens with zero attached hydrogens (tertiary/aromatic N) is 3. The summed E-state index contributed by atoms with van der Waals surface area (Å²) in [6.45, 7) is 12.0. The fourth-order valence-corrected chi connectivity index (χ4v) is 4.62. The van der Waals surface area contributed by atoms with Crippen LogP contribution in [0.25, 0.3) is 4.85 Å². The van der Waals surface area contributed by atoms with Gasteiger partial charge in [-0.2, -0.15) is 0 Å². The van der Waals surface area contributed by atoms with E-state index in [9.17, 15) is 9.59 Å². The third kappa shape index (κ3) is 2.66.